The molecular formula is C22H27BClFO6S. The first kappa shape index (κ1) is 26.3. The molecule has 2 rings (SSSR count). The molecule has 10 heteroatoms. The van der Waals surface area contributed by atoms with Crippen molar-refractivity contribution in [3.63, 3.8) is 0 Å². The number of ether oxygens (including phenoxy) is 1. The van der Waals surface area contributed by atoms with Gasteiger partial charge in [0.25, 0.3) is 17.0 Å². The molecule has 0 spiro atoms. The summed E-state index contributed by atoms with van der Waals surface area (Å²) in [5.41, 5.74) is 1.92. The van der Waals surface area contributed by atoms with Gasteiger partial charge in [-0.2, -0.15) is 8.42 Å². The third-order valence-electron chi connectivity index (χ3n) is 4.78. The second-order valence-corrected chi connectivity index (χ2v) is 9.79. The van der Waals surface area contributed by atoms with Crippen molar-refractivity contribution in [3.8, 4) is 11.1 Å². The van der Waals surface area contributed by atoms with E-state index in [1.807, 2.05) is 12.1 Å². The lowest BCUT2D eigenvalue weighted by Crippen LogP contribution is -2.32. The van der Waals surface area contributed by atoms with Gasteiger partial charge in [0.05, 0.1) is 12.9 Å². The summed E-state index contributed by atoms with van der Waals surface area (Å²) in [4.78, 5) is 12.2. The van der Waals surface area contributed by atoms with E-state index in [0.717, 1.165) is 11.8 Å². The van der Waals surface area contributed by atoms with Gasteiger partial charge in [-0.25, -0.2) is 9.18 Å². The number of esters is 1. The average Bonchev–Trinajstić information content (AvgIpc) is 2.68. The van der Waals surface area contributed by atoms with Gasteiger partial charge in [0.1, 0.15) is 5.82 Å². The zero-order valence-corrected chi connectivity index (χ0v) is 19.8. The van der Waals surface area contributed by atoms with E-state index in [1.54, 1.807) is 31.9 Å². The lowest BCUT2D eigenvalue weighted by molar-refractivity contribution is -0.152. The lowest BCUT2D eigenvalue weighted by atomic mass is 9.62. The van der Waals surface area contributed by atoms with E-state index in [9.17, 15) is 22.6 Å². The molecule has 0 amide bonds. The van der Waals surface area contributed by atoms with Crippen LogP contribution in [0.1, 0.15) is 18.9 Å². The molecule has 0 saturated heterocycles. The first-order valence-corrected chi connectivity index (χ1v) is 12.4. The Morgan fingerprint density at radius 3 is 2.44 bits per heavy atom. The molecule has 0 saturated carbocycles. The fraction of sp³-hybridized carbons (Fsp3) is 0.409. The Kier molecular flexibility index (Phi) is 9.70. The van der Waals surface area contributed by atoms with Crippen LogP contribution in [0.15, 0.2) is 42.5 Å². The molecule has 0 aromatic heterocycles. The van der Waals surface area contributed by atoms with Gasteiger partial charge in [-0.3, -0.25) is 4.18 Å². The van der Waals surface area contributed by atoms with Crippen LogP contribution < -0.4 is 0 Å². The molecule has 0 aliphatic carbocycles. The van der Waals surface area contributed by atoms with Gasteiger partial charge in [-0.1, -0.05) is 42.7 Å². The predicted molar refractivity (Wildman–Crippen MR) is 124 cm³/mol. The van der Waals surface area contributed by atoms with E-state index in [-0.39, 0.29) is 24.8 Å². The fourth-order valence-electron chi connectivity index (χ4n) is 3.54. The number of hydrogen-bond acceptors (Lipinski definition) is 6. The van der Waals surface area contributed by atoms with Crippen LogP contribution in [0.2, 0.25) is 18.2 Å². The van der Waals surface area contributed by atoms with E-state index in [1.165, 1.54) is 12.1 Å². The molecule has 32 heavy (non-hydrogen) atoms. The number of halogens is 2. The second kappa shape index (κ2) is 11.8. The van der Waals surface area contributed by atoms with Crippen LogP contribution in [0.3, 0.4) is 0 Å². The van der Waals surface area contributed by atoms with Crippen LogP contribution in [0.25, 0.3) is 11.1 Å². The van der Waals surface area contributed by atoms with Crippen LogP contribution in [-0.4, -0.2) is 45.3 Å². The largest absolute Gasteiger partial charge is 0.464 e. The summed E-state index contributed by atoms with van der Waals surface area (Å²) in [6.45, 7) is 2.66. The van der Waals surface area contributed by atoms with Gasteiger partial charge in [0.15, 0.2) is 6.10 Å². The van der Waals surface area contributed by atoms with Crippen molar-refractivity contribution in [3.05, 3.63) is 58.9 Å². The van der Waals surface area contributed by atoms with E-state index >= 15 is 0 Å². The van der Waals surface area contributed by atoms with Gasteiger partial charge < -0.3 is 9.76 Å². The first-order chi connectivity index (χ1) is 15.0. The molecule has 0 heterocycles. The van der Waals surface area contributed by atoms with Crippen LogP contribution in [-0.2, 0) is 30.3 Å². The lowest BCUT2D eigenvalue weighted by Gasteiger charge is -2.22. The highest BCUT2D eigenvalue weighted by atomic mass is 35.5. The SMILES string of the molecule is CCOC(=O)[C@@H](C[C@H](CB(C)O)Cc1ccc(-c2cc(Cl)ccc2F)cc1)OS(C)(=O)=O. The van der Waals surface area contributed by atoms with Gasteiger partial charge in [-0.05, 0) is 61.3 Å². The summed E-state index contributed by atoms with van der Waals surface area (Å²) in [6.07, 6.45) is 0.409. The van der Waals surface area contributed by atoms with Crippen LogP contribution in [0, 0.1) is 11.7 Å². The Balaban J connectivity index is 2.21. The monoisotopic (exact) mass is 484 g/mol. The molecule has 2 aromatic rings. The van der Waals surface area contributed by atoms with E-state index < -0.39 is 29.1 Å². The Morgan fingerprint density at radius 1 is 1.22 bits per heavy atom. The maximum Gasteiger partial charge on any atom is 0.336 e. The zero-order valence-electron chi connectivity index (χ0n) is 18.3. The molecule has 2 atom stereocenters. The average molecular weight is 485 g/mol. The van der Waals surface area contributed by atoms with Crippen molar-refractivity contribution < 1.29 is 31.5 Å². The summed E-state index contributed by atoms with van der Waals surface area (Å²) in [6, 6.07) is 11.5. The van der Waals surface area contributed by atoms with E-state index in [4.69, 9.17) is 20.5 Å². The van der Waals surface area contributed by atoms with Gasteiger partial charge in [0, 0.05) is 10.6 Å². The highest BCUT2D eigenvalue weighted by Gasteiger charge is 2.30. The van der Waals surface area contributed by atoms with Gasteiger partial charge in [-0.15, -0.1) is 0 Å². The Morgan fingerprint density at radius 2 is 1.88 bits per heavy atom. The Labute approximate surface area is 193 Å². The molecule has 174 valence electrons. The fourth-order valence-corrected chi connectivity index (χ4v) is 4.29. The molecule has 0 fully saturated rings. The summed E-state index contributed by atoms with van der Waals surface area (Å²) in [7, 11) is -3.89. The highest BCUT2D eigenvalue weighted by molar-refractivity contribution is 7.86. The molecule has 1 N–H and O–H groups in total. The van der Waals surface area contributed by atoms with Crippen molar-refractivity contribution in [1.82, 2.24) is 0 Å². The van der Waals surface area contributed by atoms with Crippen LogP contribution in [0.4, 0.5) is 4.39 Å². The maximum atomic E-state index is 14.1. The minimum atomic E-state index is -3.89. The van der Waals surface area contributed by atoms with Gasteiger partial charge in [0.2, 0.25) is 0 Å². The topological polar surface area (TPSA) is 89.9 Å². The molecule has 0 unspecified atom stereocenters. The molecule has 6 nitrogen and oxygen atoms in total. The molecule has 0 aliphatic rings. The van der Waals surface area contributed by atoms with Crippen molar-refractivity contribution in [2.75, 3.05) is 12.9 Å². The second-order valence-electron chi connectivity index (χ2n) is 7.75. The number of benzene rings is 2. The smallest absolute Gasteiger partial charge is 0.336 e. The minimum Gasteiger partial charge on any atom is -0.464 e. The van der Waals surface area contributed by atoms with Crippen LogP contribution >= 0.6 is 11.6 Å². The number of rotatable bonds is 11. The van der Waals surface area contributed by atoms with Crippen molar-refractivity contribution in [2.24, 2.45) is 5.92 Å². The third kappa shape index (κ3) is 8.54. The molecular weight excluding hydrogens is 458 g/mol. The number of hydrogen-bond donors (Lipinski definition) is 1. The van der Waals surface area contributed by atoms with Crippen LogP contribution in [0.5, 0.6) is 0 Å². The molecule has 0 bridgehead atoms. The Hall–Kier alpha value is -1.94. The highest BCUT2D eigenvalue weighted by Crippen LogP contribution is 2.28. The van der Waals surface area contributed by atoms with E-state index in [2.05, 4.69) is 0 Å². The minimum absolute atomic E-state index is 0.0570. The predicted octanol–water partition coefficient (Wildman–Crippen LogP) is 4.22. The van der Waals surface area contributed by atoms with Crippen molar-refractivity contribution >= 4 is 34.6 Å². The first-order valence-electron chi connectivity index (χ1n) is 10.3. The molecule has 0 aliphatic heterocycles. The third-order valence-corrected chi connectivity index (χ3v) is 5.60. The number of carbonyl (C=O) groups excluding carboxylic acids is 1. The zero-order chi connectivity index (χ0) is 23.9. The summed E-state index contributed by atoms with van der Waals surface area (Å²) >= 11 is 5.97. The summed E-state index contributed by atoms with van der Waals surface area (Å²) in [5.74, 6) is -1.41. The van der Waals surface area contributed by atoms with Gasteiger partial charge >= 0.3 is 5.97 Å². The maximum absolute atomic E-state index is 14.1. The number of carbonyl (C=O) groups is 1. The standard InChI is InChI=1S/C22H27BClFO6S/c1-4-30-22(26)21(31-32(3,28)29)12-16(14-23(2)27)11-15-5-7-17(8-6-15)19-13-18(24)9-10-20(19)25/h5-10,13,16,21,27H,4,11-12,14H2,1-3H3/t16-,21-/m1/s1. The normalized spacial score (nSPS) is 13.4. The summed E-state index contributed by atoms with van der Waals surface area (Å²) < 4.78 is 47.3. The quantitative estimate of drug-likeness (QED) is 0.292. The van der Waals surface area contributed by atoms with E-state index in [0.29, 0.717) is 28.9 Å². The summed E-state index contributed by atoms with van der Waals surface area (Å²) in [5, 5.41) is 10.3. The molecule has 2 aromatic carbocycles. The molecule has 0 radical (unpaired) electrons. The van der Waals surface area contributed by atoms with Crippen molar-refractivity contribution in [2.45, 2.75) is 39.0 Å². The Bertz CT molecular complexity index is 1010. The van der Waals surface area contributed by atoms with Crippen molar-refractivity contribution in [1.29, 1.82) is 0 Å².